The molecule has 1 atom stereocenters. The van der Waals surface area contributed by atoms with E-state index < -0.39 is 0 Å². The lowest BCUT2D eigenvalue weighted by Crippen LogP contribution is -2.31. The van der Waals surface area contributed by atoms with Gasteiger partial charge in [-0.05, 0) is 68.7 Å². The highest BCUT2D eigenvalue weighted by molar-refractivity contribution is 6.01. The summed E-state index contributed by atoms with van der Waals surface area (Å²) in [6, 6.07) is 11.3. The van der Waals surface area contributed by atoms with Crippen LogP contribution in [0.1, 0.15) is 29.8 Å². The maximum Gasteiger partial charge on any atom is 0.264 e. The molecule has 2 aromatic rings. The first kappa shape index (κ1) is 23.4. The second-order valence-electron chi connectivity index (χ2n) is 7.99. The van der Waals surface area contributed by atoms with Gasteiger partial charge in [0.2, 0.25) is 0 Å². The minimum atomic E-state index is -0.324. The summed E-state index contributed by atoms with van der Waals surface area (Å²) in [5.41, 5.74) is 3.11. The normalized spacial score (nSPS) is 16.0. The fraction of sp³-hybridized carbons (Fsp3) is 0.440. The topological polar surface area (TPSA) is 76.7 Å². The summed E-state index contributed by atoms with van der Waals surface area (Å²) in [5, 5.41) is 9.62. The zero-order chi connectivity index (χ0) is 23.1. The number of benzene rings is 1. The monoisotopic (exact) mass is 437 g/mol. The smallest absolute Gasteiger partial charge is 0.264 e. The van der Waals surface area contributed by atoms with Crippen molar-refractivity contribution in [3.8, 4) is 17.6 Å². The Kier molecular flexibility index (Phi) is 7.96. The van der Waals surface area contributed by atoms with E-state index in [0.29, 0.717) is 18.9 Å². The van der Waals surface area contributed by atoms with Crippen LogP contribution in [0.5, 0.6) is 11.5 Å². The summed E-state index contributed by atoms with van der Waals surface area (Å²) < 4.78 is 18.8. The van der Waals surface area contributed by atoms with E-state index in [4.69, 9.17) is 14.2 Å². The van der Waals surface area contributed by atoms with Gasteiger partial charge in [0, 0.05) is 31.6 Å². The lowest BCUT2D eigenvalue weighted by Gasteiger charge is -2.17. The van der Waals surface area contributed by atoms with Gasteiger partial charge in [-0.1, -0.05) is 0 Å². The van der Waals surface area contributed by atoms with E-state index in [1.54, 1.807) is 20.2 Å². The van der Waals surface area contributed by atoms with Crippen LogP contribution in [-0.4, -0.2) is 55.4 Å². The number of ether oxygens (including phenoxy) is 3. The predicted molar refractivity (Wildman–Crippen MR) is 123 cm³/mol. The second-order valence-corrected chi connectivity index (χ2v) is 7.99. The van der Waals surface area contributed by atoms with Crippen molar-refractivity contribution in [3.05, 3.63) is 52.9 Å². The third-order valence-electron chi connectivity index (χ3n) is 5.78. The summed E-state index contributed by atoms with van der Waals surface area (Å²) >= 11 is 0. The number of nitriles is 1. The molecule has 1 amide bonds. The lowest BCUT2D eigenvalue weighted by atomic mass is 10.1. The number of methoxy groups -OCH3 is 1. The number of likely N-dealkylation sites (N-methyl/N-ethyl adjacent to an activating group) is 1. The average molecular weight is 438 g/mol. The van der Waals surface area contributed by atoms with Crippen LogP contribution in [0.3, 0.4) is 0 Å². The van der Waals surface area contributed by atoms with E-state index in [1.807, 2.05) is 44.2 Å². The van der Waals surface area contributed by atoms with Crippen molar-refractivity contribution in [2.24, 2.45) is 0 Å². The third kappa shape index (κ3) is 5.71. The zero-order valence-corrected chi connectivity index (χ0v) is 19.3. The fourth-order valence-corrected chi connectivity index (χ4v) is 3.82. The number of hydrogen-bond acceptors (Lipinski definition) is 5. The summed E-state index contributed by atoms with van der Waals surface area (Å²) in [6.45, 7) is 6.35. The number of rotatable bonds is 9. The molecule has 1 fully saturated rings. The Morgan fingerprint density at radius 3 is 2.66 bits per heavy atom. The molecule has 7 nitrogen and oxygen atoms in total. The zero-order valence-electron chi connectivity index (χ0n) is 19.3. The van der Waals surface area contributed by atoms with E-state index >= 15 is 0 Å². The van der Waals surface area contributed by atoms with Crippen LogP contribution < -0.4 is 9.47 Å². The van der Waals surface area contributed by atoms with Crippen LogP contribution >= 0.6 is 0 Å². The largest absolute Gasteiger partial charge is 0.497 e. The van der Waals surface area contributed by atoms with Crippen molar-refractivity contribution in [3.63, 3.8) is 0 Å². The van der Waals surface area contributed by atoms with Crippen LogP contribution in [0.2, 0.25) is 0 Å². The molecule has 0 aliphatic carbocycles. The quantitative estimate of drug-likeness (QED) is 0.441. The Hall–Kier alpha value is -3.24. The number of aryl methyl sites for hydroxylation is 1. The minimum Gasteiger partial charge on any atom is -0.497 e. The van der Waals surface area contributed by atoms with Gasteiger partial charge in [0.25, 0.3) is 5.91 Å². The first-order chi connectivity index (χ1) is 15.4. The molecule has 0 bridgehead atoms. The van der Waals surface area contributed by atoms with Crippen LogP contribution in [0.25, 0.3) is 6.08 Å². The first-order valence-corrected chi connectivity index (χ1v) is 10.9. The SMILES string of the molecule is COc1ccc(OCCN(C)C(=O)/C(C#N)=C/c2cc(C)n(CC3CCCO3)c2C)cc1. The first-order valence-electron chi connectivity index (χ1n) is 10.9. The van der Waals surface area contributed by atoms with E-state index in [2.05, 4.69) is 10.6 Å². The van der Waals surface area contributed by atoms with Gasteiger partial charge in [-0.2, -0.15) is 5.26 Å². The fourth-order valence-electron chi connectivity index (χ4n) is 3.82. The van der Waals surface area contributed by atoms with Gasteiger partial charge in [0.05, 0.1) is 19.8 Å². The minimum absolute atomic E-state index is 0.106. The summed E-state index contributed by atoms with van der Waals surface area (Å²) in [5.74, 6) is 1.12. The molecule has 0 radical (unpaired) electrons. The molecule has 1 saturated heterocycles. The van der Waals surface area contributed by atoms with Gasteiger partial charge < -0.3 is 23.7 Å². The van der Waals surface area contributed by atoms with Crippen molar-refractivity contribution >= 4 is 12.0 Å². The lowest BCUT2D eigenvalue weighted by molar-refractivity contribution is -0.125. The number of carbonyl (C=O) groups excluding carboxylic acids is 1. The van der Waals surface area contributed by atoms with E-state index in [-0.39, 0.29) is 17.6 Å². The third-order valence-corrected chi connectivity index (χ3v) is 5.78. The van der Waals surface area contributed by atoms with E-state index in [9.17, 15) is 10.1 Å². The van der Waals surface area contributed by atoms with Gasteiger partial charge in [0.1, 0.15) is 29.7 Å². The van der Waals surface area contributed by atoms with Crippen molar-refractivity contribution in [2.75, 3.05) is 33.9 Å². The molecule has 1 aliphatic heterocycles. The molecule has 3 rings (SSSR count). The average Bonchev–Trinajstić information content (AvgIpc) is 3.41. The number of nitrogens with zero attached hydrogens (tertiary/aromatic N) is 3. The molecule has 1 aromatic carbocycles. The maximum absolute atomic E-state index is 12.8. The van der Waals surface area contributed by atoms with Crippen LogP contribution in [0, 0.1) is 25.2 Å². The highest BCUT2D eigenvalue weighted by Gasteiger charge is 2.20. The Balaban J connectivity index is 1.62. The van der Waals surface area contributed by atoms with Crippen molar-refractivity contribution in [1.29, 1.82) is 5.26 Å². The summed E-state index contributed by atoms with van der Waals surface area (Å²) in [4.78, 5) is 14.3. The summed E-state index contributed by atoms with van der Waals surface area (Å²) in [7, 11) is 3.28. The van der Waals surface area contributed by atoms with Crippen molar-refractivity contribution < 1.29 is 19.0 Å². The molecule has 7 heteroatoms. The van der Waals surface area contributed by atoms with Crippen LogP contribution in [-0.2, 0) is 16.1 Å². The van der Waals surface area contributed by atoms with Gasteiger partial charge in [-0.15, -0.1) is 0 Å². The Labute approximate surface area is 189 Å². The molecule has 0 spiro atoms. The van der Waals surface area contributed by atoms with Gasteiger partial charge in [-0.3, -0.25) is 4.79 Å². The molecule has 170 valence electrons. The number of aromatic nitrogens is 1. The Morgan fingerprint density at radius 2 is 2.03 bits per heavy atom. The highest BCUT2D eigenvalue weighted by atomic mass is 16.5. The number of hydrogen-bond donors (Lipinski definition) is 0. The van der Waals surface area contributed by atoms with Crippen molar-refractivity contribution in [2.45, 2.75) is 39.3 Å². The summed E-state index contributed by atoms with van der Waals surface area (Å²) in [6.07, 6.45) is 4.06. The van der Waals surface area contributed by atoms with Crippen molar-refractivity contribution in [1.82, 2.24) is 9.47 Å². The van der Waals surface area contributed by atoms with Gasteiger partial charge in [-0.25, -0.2) is 0 Å². The van der Waals surface area contributed by atoms with E-state index in [0.717, 1.165) is 48.7 Å². The van der Waals surface area contributed by atoms with Gasteiger partial charge >= 0.3 is 0 Å². The Bertz CT molecular complexity index is 995. The van der Waals surface area contributed by atoms with E-state index in [1.165, 1.54) is 4.90 Å². The molecule has 2 heterocycles. The number of carbonyl (C=O) groups is 1. The van der Waals surface area contributed by atoms with Crippen LogP contribution in [0.15, 0.2) is 35.9 Å². The van der Waals surface area contributed by atoms with Crippen LogP contribution in [0.4, 0.5) is 0 Å². The Morgan fingerprint density at radius 1 is 1.31 bits per heavy atom. The standard InChI is InChI=1S/C25H31N3O4/c1-18-14-20(19(2)28(18)17-24-6-5-12-31-24)15-21(16-26)25(29)27(3)11-13-32-23-9-7-22(30-4)8-10-23/h7-10,14-15,24H,5-6,11-13,17H2,1-4H3/b21-15+. The number of amides is 1. The molecule has 0 N–H and O–H groups in total. The van der Waals surface area contributed by atoms with Gasteiger partial charge in [0.15, 0.2) is 0 Å². The molecular weight excluding hydrogens is 406 g/mol. The molecule has 1 unspecified atom stereocenters. The molecule has 1 aromatic heterocycles. The molecule has 0 saturated carbocycles. The second kappa shape index (κ2) is 10.9. The molecule has 32 heavy (non-hydrogen) atoms. The highest BCUT2D eigenvalue weighted by Crippen LogP contribution is 2.22. The maximum atomic E-state index is 12.8. The predicted octanol–water partition coefficient (Wildman–Crippen LogP) is 3.74. The molecular formula is C25H31N3O4. The molecule has 1 aliphatic rings.